The molecule has 1 aromatic carbocycles. The van der Waals surface area contributed by atoms with Gasteiger partial charge in [-0.3, -0.25) is 0 Å². The van der Waals surface area contributed by atoms with Gasteiger partial charge in [0.25, 0.3) is 0 Å². The number of amides is 2. The van der Waals surface area contributed by atoms with Crippen LogP contribution in [0.2, 0.25) is 0 Å². The third-order valence-corrected chi connectivity index (χ3v) is 3.15. The van der Waals surface area contributed by atoms with Crippen LogP contribution in [0.5, 0.6) is 0 Å². The molecule has 0 spiro atoms. The Hall–Kier alpha value is -2.34. The van der Waals surface area contributed by atoms with Crippen molar-refractivity contribution < 1.29 is 14.3 Å². The van der Waals surface area contributed by atoms with Crippen molar-refractivity contribution >= 4 is 12.0 Å². The van der Waals surface area contributed by atoms with Gasteiger partial charge in [0.05, 0.1) is 18.2 Å². The quantitative estimate of drug-likeness (QED) is 0.497. The maximum Gasteiger partial charge on any atom is 0.338 e. The molecular formula is C14H17N3O3. The first kappa shape index (κ1) is 14.1. The van der Waals surface area contributed by atoms with Crippen LogP contribution in [0.1, 0.15) is 25.5 Å². The van der Waals surface area contributed by atoms with Crippen LogP contribution in [0.4, 0.5) is 4.79 Å². The summed E-state index contributed by atoms with van der Waals surface area (Å²) in [6.45, 7) is 3.61. The van der Waals surface area contributed by atoms with Gasteiger partial charge in [0.15, 0.2) is 0 Å². The van der Waals surface area contributed by atoms with E-state index in [1.165, 1.54) is 0 Å². The van der Waals surface area contributed by atoms with Gasteiger partial charge in [0, 0.05) is 5.70 Å². The van der Waals surface area contributed by atoms with Crippen LogP contribution in [0.25, 0.3) is 0 Å². The van der Waals surface area contributed by atoms with Gasteiger partial charge in [0.1, 0.15) is 0 Å². The zero-order valence-corrected chi connectivity index (χ0v) is 11.4. The first-order valence-electron chi connectivity index (χ1n) is 6.34. The zero-order valence-electron chi connectivity index (χ0n) is 11.4. The van der Waals surface area contributed by atoms with Gasteiger partial charge in [-0.25, -0.2) is 20.4 Å². The number of hydrogen-bond donors (Lipinski definition) is 2. The summed E-state index contributed by atoms with van der Waals surface area (Å²) in [6.07, 6.45) is 0. The highest BCUT2D eigenvalue weighted by atomic mass is 16.5. The SMILES string of the molecule is CCOC(=O)C1=C(C)N(N)C(=O)NC1c1ccccc1. The number of ether oxygens (including phenoxy) is 1. The predicted molar refractivity (Wildman–Crippen MR) is 73.1 cm³/mol. The van der Waals surface area contributed by atoms with Crippen LogP contribution in [0.3, 0.4) is 0 Å². The molecule has 1 aliphatic heterocycles. The van der Waals surface area contributed by atoms with Crippen LogP contribution in [0.15, 0.2) is 41.6 Å². The molecule has 6 heteroatoms. The molecule has 0 aromatic heterocycles. The normalized spacial score (nSPS) is 18.9. The molecule has 0 fully saturated rings. The summed E-state index contributed by atoms with van der Waals surface area (Å²) in [6, 6.07) is 8.21. The highest BCUT2D eigenvalue weighted by Gasteiger charge is 2.35. The second kappa shape index (κ2) is 5.75. The van der Waals surface area contributed by atoms with Crippen molar-refractivity contribution in [3.05, 3.63) is 47.2 Å². The van der Waals surface area contributed by atoms with Crippen LogP contribution in [0, 0.1) is 0 Å². The number of urea groups is 1. The first-order chi connectivity index (χ1) is 9.56. The summed E-state index contributed by atoms with van der Waals surface area (Å²) in [5, 5.41) is 3.63. The summed E-state index contributed by atoms with van der Waals surface area (Å²) in [5.41, 5.74) is 1.54. The Bertz CT molecular complexity index is 554. The van der Waals surface area contributed by atoms with Gasteiger partial charge in [-0.05, 0) is 19.4 Å². The lowest BCUT2D eigenvalue weighted by atomic mass is 9.95. The average molecular weight is 275 g/mol. The van der Waals surface area contributed by atoms with E-state index in [1.54, 1.807) is 13.8 Å². The summed E-state index contributed by atoms with van der Waals surface area (Å²) in [5.74, 6) is 5.16. The van der Waals surface area contributed by atoms with Gasteiger partial charge in [-0.15, -0.1) is 0 Å². The van der Waals surface area contributed by atoms with E-state index in [4.69, 9.17) is 10.6 Å². The molecule has 3 N–H and O–H groups in total. The van der Waals surface area contributed by atoms with Gasteiger partial charge in [-0.1, -0.05) is 30.3 Å². The summed E-state index contributed by atoms with van der Waals surface area (Å²) in [7, 11) is 0. The van der Waals surface area contributed by atoms with Crippen molar-refractivity contribution in [2.24, 2.45) is 5.84 Å². The largest absolute Gasteiger partial charge is 0.463 e. The average Bonchev–Trinajstić information content (AvgIpc) is 2.45. The van der Waals surface area contributed by atoms with Gasteiger partial charge in [-0.2, -0.15) is 0 Å². The van der Waals surface area contributed by atoms with Crippen LogP contribution in [-0.4, -0.2) is 23.6 Å². The monoisotopic (exact) mass is 275 g/mol. The fourth-order valence-electron chi connectivity index (χ4n) is 2.13. The molecule has 0 bridgehead atoms. The molecule has 0 saturated heterocycles. The number of rotatable bonds is 3. The van der Waals surface area contributed by atoms with Crippen molar-refractivity contribution in [3.8, 4) is 0 Å². The van der Waals surface area contributed by atoms with Crippen LogP contribution >= 0.6 is 0 Å². The number of allylic oxidation sites excluding steroid dienone is 1. The van der Waals surface area contributed by atoms with E-state index >= 15 is 0 Å². The molecule has 0 aliphatic carbocycles. The standard InChI is InChI=1S/C14H17N3O3/c1-3-20-13(18)11-9(2)17(15)14(19)16-12(11)10-7-5-4-6-8-10/h4-8,12H,3,15H2,1-2H3,(H,16,19). The Morgan fingerprint density at radius 3 is 2.65 bits per heavy atom. The number of nitrogens with zero attached hydrogens (tertiary/aromatic N) is 1. The number of hydrazine groups is 1. The highest BCUT2D eigenvalue weighted by Crippen LogP contribution is 2.29. The van der Waals surface area contributed by atoms with Gasteiger partial charge < -0.3 is 10.1 Å². The van der Waals surface area contributed by atoms with E-state index in [9.17, 15) is 9.59 Å². The molecule has 1 aromatic rings. The molecule has 1 aliphatic rings. The molecule has 0 radical (unpaired) electrons. The molecule has 20 heavy (non-hydrogen) atoms. The molecule has 1 heterocycles. The van der Waals surface area contributed by atoms with Crippen molar-refractivity contribution in [2.45, 2.75) is 19.9 Å². The van der Waals surface area contributed by atoms with Crippen LogP contribution < -0.4 is 11.2 Å². The Morgan fingerprint density at radius 2 is 2.05 bits per heavy atom. The van der Waals surface area contributed by atoms with Crippen LogP contribution in [-0.2, 0) is 9.53 Å². The molecule has 6 nitrogen and oxygen atoms in total. The fraction of sp³-hybridized carbons (Fsp3) is 0.286. The van der Waals surface area contributed by atoms with Crippen molar-refractivity contribution in [3.63, 3.8) is 0 Å². The van der Waals surface area contributed by atoms with E-state index in [0.717, 1.165) is 10.6 Å². The first-order valence-corrected chi connectivity index (χ1v) is 6.34. The second-order valence-electron chi connectivity index (χ2n) is 4.38. The van der Waals surface area contributed by atoms with E-state index < -0.39 is 18.0 Å². The third-order valence-electron chi connectivity index (χ3n) is 3.15. The summed E-state index contributed by atoms with van der Waals surface area (Å²) < 4.78 is 5.06. The number of nitrogens with two attached hydrogens (primary N) is 1. The van der Waals surface area contributed by atoms with Crippen molar-refractivity contribution in [2.75, 3.05) is 6.61 Å². The minimum atomic E-state index is -0.553. The van der Waals surface area contributed by atoms with E-state index in [2.05, 4.69) is 5.32 Å². The molecule has 106 valence electrons. The number of nitrogens with one attached hydrogen (secondary N) is 1. The van der Waals surface area contributed by atoms with E-state index in [-0.39, 0.29) is 6.61 Å². The topological polar surface area (TPSA) is 84.7 Å². The molecule has 1 unspecified atom stereocenters. The maximum atomic E-state index is 12.1. The fourth-order valence-corrected chi connectivity index (χ4v) is 2.13. The minimum absolute atomic E-state index is 0.260. The van der Waals surface area contributed by atoms with Crippen molar-refractivity contribution in [1.29, 1.82) is 0 Å². The van der Waals surface area contributed by atoms with E-state index in [1.807, 2.05) is 30.3 Å². The Balaban J connectivity index is 2.48. The Morgan fingerprint density at radius 1 is 1.40 bits per heavy atom. The highest BCUT2D eigenvalue weighted by molar-refractivity contribution is 5.94. The number of esters is 1. The summed E-state index contributed by atoms with van der Waals surface area (Å²) in [4.78, 5) is 23.9. The summed E-state index contributed by atoms with van der Waals surface area (Å²) >= 11 is 0. The zero-order chi connectivity index (χ0) is 14.7. The lowest BCUT2D eigenvalue weighted by Crippen LogP contribution is -2.51. The smallest absolute Gasteiger partial charge is 0.338 e. The number of carbonyl (C=O) groups is 2. The molecule has 2 amide bonds. The number of benzene rings is 1. The van der Waals surface area contributed by atoms with Gasteiger partial charge in [0.2, 0.25) is 0 Å². The maximum absolute atomic E-state index is 12.1. The minimum Gasteiger partial charge on any atom is -0.463 e. The number of hydrogen-bond acceptors (Lipinski definition) is 4. The van der Waals surface area contributed by atoms with Gasteiger partial charge >= 0.3 is 12.0 Å². The Kier molecular flexibility index (Phi) is 4.05. The molecular weight excluding hydrogens is 258 g/mol. The molecule has 2 rings (SSSR count). The Labute approximate surface area is 117 Å². The third kappa shape index (κ3) is 2.50. The molecule has 1 atom stereocenters. The second-order valence-corrected chi connectivity index (χ2v) is 4.38. The lowest BCUT2D eigenvalue weighted by Gasteiger charge is -2.32. The van der Waals surface area contributed by atoms with E-state index in [0.29, 0.717) is 11.3 Å². The number of carbonyl (C=O) groups excluding carboxylic acids is 2. The lowest BCUT2D eigenvalue weighted by molar-refractivity contribution is -0.139. The predicted octanol–water partition coefficient (Wildman–Crippen LogP) is 1.46. The van der Waals surface area contributed by atoms with Crippen molar-refractivity contribution in [1.82, 2.24) is 10.3 Å². The molecule has 0 saturated carbocycles.